The van der Waals surface area contributed by atoms with Crippen LogP contribution in [-0.4, -0.2) is 18.4 Å². The standard InChI is InChI=1S/C18H20O3/c1-2-21-16(20)18-11-17(18,12-7-4-3-5-8-12)15(19)13-9-6-10-14(13)18/h3-5,7-8,13-14H,2,6,9-11H2,1H3/t13-,14+,17+,18+/m0/s1. The fourth-order valence-corrected chi connectivity index (χ4v) is 5.19. The Labute approximate surface area is 124 Å². The van der Waals surface area contributed by atoms with Crippen molar-refractivity contribution >= 4 is 11.8 Å². The minimum Gasteiger partial charge on any atom is -0.466 e. The Hall–Kier alpha value is -1.64. The highest BCUT2D eigenvalue weighted by Crippen LogP contribution is 2.78. The fraction of sp³-hybridized carbons (Fsp3) is 0.556. The largest absolute Gasteiger partial charge is 0.466 e. The summed E-state index contributed by atoms with van der Waals surface area (Å²) in [6.45, 7) is 2.22. The topological polar surface area (TPSA) is 43.4 Å². The molecule has 3 heteroatoms. The van der Waals surface area contributed by atoms with E-state index >= 15 is 0 Å². The maximum absolute atomic E-state index is 13.1. The Bertz CT molecular complexity index is 608. The predicted octanol–water partition coefficient (Wildman–Crippen LogP) is 2.88. The van der Waals surface area contributed by atoms with E-state index in [1.165, 1.54) is 0 Å². The number of rotatable bonds is 3. The third-order valence-electron chi connectivity index (χ3n) is 5.99. The van der Waals surface area contributed by atoms with Crippen LogP contribution in [0.1, 0.15) is 38.2 Å². The monoisotopic (exact) mass is 284 g/mol. The number of Topliss-reactive ketones (excluding diaryl/α,β-unsaturated/α-hetero) is 1. The summed E-state index contributed by atoms with van der Waals surface area (Å²) in [4.78, 5) is 25.8. The van der Waals surface area contributed by atoms with Gasteiger partial charge in [-0.15, -0.1) is 0 Å². The molecule has 0 radical (unpaired) electrons. The third kappa shape index (κ3) is 1.35. The van der Waals surface area contributed by atoms with Gasteiger partial charge in [-0.3, -0.25) is 9.59 Å². The van der Waals surface area contributed by atoms with Gasteiger partial charge in [-0.25, -0.2) is 0 Å². The van der Waals surface area contributed by atoms with Crippen LogP contribution in [0, 0.1) is 17.3 Å². The first-order valence-electron chi connectivity index (χ1n) is 7.95. The van der Waals surface area contributed by atoms with Gasteiger partial charge in [0, 0.05) is 5.92 Å². The second-order valence-electron chi connectivity index (χ2n) is 6.65. The maximum atomic E-state index is 13.1. The zero-order chi connectivity index (χ0) is 14.7. The Morgan fingerprint density at radius 3 is 2.76 bits per heavy atom. The van der Waals surface area contributed by atoms with Gasteiger partial charge >= 0.3 is 5.97 Å². The Morgan fingerprint density at radius 2 is 2.05 bits per heavy atom. The second kappa shape index (κ2) is 4.19. The average molecular weight is 284 g/mol. The molecule has 1 aromatic rings. The summed E-state index contributed by atoms with van der Waals surface area (Å²) in [6.07, 6.45) is 3.65. The highest BCUT2D eigenvalue weighted by atomic mass is 16.5. The molecule has 3 nitrogen and oxygen atoms in total. The molecule has 21 heavy (non-hydrogen) atoms. The molecule has 0 saturated heterocycles. The van der Waals surface area contributed by atoms with Gasteiger partial charge in [0.25, 0.3) is 0 Å². The van der Waals surface area contributed by atoms with Gasteiger partial charge in [-0.1, -0.05) is 36.8 Å². The maximum Gasteiger partial charge on any atom is 0.313 e. The van der Waals surface area contributed by atoms with Crippen molar-refractivity contribution in [2.45, 2.75) is 38.0 Å². The highest BCUT2D eigenvalue weighted by Gasteiger charge is 2.86. The molecule has 0 aromatic heterocycles. The summed E-state index contributed by atoms with van der Waals surface area (Å²) in [6, 6.07) is 9.87. The van der Waals surface area contributed by atoms with Gasteiger partial charge in [0.1, 0.15) is 5.78 Å². The molecular formula is C18H20O3. The number of fused-ring (bicyclic) bond motifs is 3. The SMILES string of the molecule is CCOC(=O)[C@]12C[C@@]1(c1ccccc1)C(=O)[C@H]1CCC[C@H]12. The quantitative estimate of drug-likeness (QED) is 0.802. The first-order valence-corrected chi connectivity index (χ1v) is 7.95. The number of benzene rings is 1. The molecule has 3 aliphatic rings. The van der Waals surface area contributed by atoms with E-state index in [1.54, 1.807) is 0 Å². The summed E-state index contributed by atoms with van der Waals surface area (Å²) >= 11 is 0. The van der Waals surface area contributed by atoms with Gasteiger partial charge in [0.05, 0.1) is 17.4 Å². The van der Waals surface area contributed by atoms with Crippen LogP contribution in [0.4, 0.5) is 0 Å². The van der Waals surface area contributed by atoms with Gasteiger partial charge in [0.2, 0.25) is 0 Å². The molecule has 3 aliphatic carbocycles. The molecule has 1 aromatic carbocycles. The van der Waals surface area contributed by atoms with E-state index in [9.17, 15) is 9.59 Å². The van der Waals surface area contributed by atoms with Crippen LogP contribution in [0.25, 0.3) is 0 Å². The van der Waals surface area contributed by atoms with E-state index in [0.29, 0.717) is 18.8 Å². The number of hydrogen-bond acceptors (Lipinski definition) is 3. The lowest BCUT2D eigenvalue weighted by Gasteiger charge is -2.21. The molecule has 3 saturated carbocycles. The van der Waals surface area contributed by atoms with Crippen LogP contribution in [0.15, 0.2) is 30.3 Å². The van der Waals surface area contributed by atoms with Crippen molar-refractivity contribution in [2.24, 2.45) is 17.3 Å². The van der Waals surface area contributed by atoms with Gasteiger partial charge in [0.15, 0.2) is 0 Å². The molecule has 4 rings (SSSR count). The number of carbonyl (C=O) groups excluding carboxylic acids is 2. The van der Waals surface area contributed by atoms with E-state index in [1.807, 2.05) is 37.3 Å². The minimum atomic E-state index is -0.587. The lowest BCUT2D eigenvalue weighted by atomic mass is 9.83. The van der Waals surface area contributed by atoms with Crippen molar-refractivity contribution in [3.05, 3.63) is 35.9 Å². The lowest BCUT2D eigenvalue weighted by molar-refractivity contribution is -0.152. The molecular weight excluding hydrogens is 264 g/mol. The van der Waals surface area contributed by atoms with Crippen molar-refractivity contribution in [1.82, 2.24) is 0 Å². The number of carbonyl (C=O) groups is 2. The van der Waals surface area contributed by atoms with Crippen molar-refractivity contribution in [3.8, 4) is 0 Å². The zero-order valence-electron chi connectivity index (χ0n) is 12.3. The number of esters is 1. The molecule has 0 N–H and O–H groups in total. The van der Waals surface area contributed by atoms with E-state index < -0.39 is 10.8 Å². The summed E-state index contributed by atoms with van der Waals surface area (Å²) in [5.41, 5.74) is -0.142. The number of ether oxygens (including phenoxy) is 1. The molecule has 110 valence electrons. The van der Waals surface area contributed by atoms with E-state index in [4.69, 9.17) is 4.74 Å². The average Bonchev–Trinajstić information content (AvgIpc) is 2.88. The van der Waals surface area contributed by atoms with Crippen LogP contribution in [0.3, 0.4) is 0 Å². The van der Waals surface area contributed by atoms with E-state index in [0.717, 1.165) is 24.8 Å². The van der Waals surface area contributed by atoms with Gasteiger partial charge in [-0.2, -0.15) is 0 Å². The first kappa shape index (κ1) is 13.1. The zero-order valence-corrected chi connectivity index (χ0v) is 12.3. The predicted molar refractivity (Wildman–Crippen MR) is 77.6 cm³/mol. The minimum absolute atomic E-state index is 0.0726. The second-order valence-corrected chi connectivity index (χ2v) is 6.65. The number of ketones is 1. The molecule has 0 aliphatic heterocycles. The molecule has 0 unspecified atom stereocenters. The van der Waals surface area contributed by atoms with E-state index in [2.05, 4.69) is 0 Å². The van der Waals surface area contributed by atoms with Crippen LogP contribution in [0.5, 0.6) is 0 Å². The number of hydrogen-bond donors (Lipinski definition) is 0. The van der Waals surface area contributed by atoms with Crippen molar-refractivity contribution in [2.75, 3.05) is 6.61 Å². The van der Waals surface area contributed by atoms with Crippen molar-refractivity contribution in [3.63, 3.8) is 0 Å². The normalized spacial score (nSPS) is 39.8. The highest BCUT2D eigenvalue weighted by molar-refractivity contribution is 6.08. The molecule has 4 atom stereocenters. The molecule has 0 amide bonds. The Kier molecular flexibility index (Phi) is 2.60. The summed E-state index contributed by atoms with van der Waals surface area (Å²) in [7, 11) is 0. The van der Waals surface area contributed by atoms with Crippen LogP contribution >= 0.6 is 0 Å². The van der Waals surface area contributed by atoms with Crippen LogP contribution < -0.4 is 0 Å². The fourth-order valence-electron chi connectivity index (χ4n) is 5.19. The Balaban J connectivity index is 1.84. The molecule has 3 fully saturated rings. The summed E-state index contributed by atoms with van der Waals surface area (Å²) in [5, 5.41) is 0. The van der Waals surface area contributed by atoms with Crippen LogP contribution in [-0.2, 0) is 19.7 Å². The van der Waals surface area contributed by atoms with E-state index in [-0.39, 0.29) is 17.8 Å². The molecule has 0 heterocycles. The molecule has 0 bridgehead atoms. The Morgan fingerprint density at radius 1 is 1.29 bits per heavy atom. The summed E-state index contributed by atoms with van der Waals surface area (Å²) in [5.74, 6) is 0.425. The van der Waals surface area contributed by atoms with Crippen LogP contribution in [0.2, 0.25) is 0 Å². The smallest absolute Gasteiger partial charge is 0.313 e. The van der Waals surface area contributed by atoms with Crippen molar-refractivity contribution in [1.29, 1.82) is 0 Å². The van der Waals surface area contributed by atoms with Gasteiger partial charge < -0.3 is 4.74 Å². The first-order chi connectivity index (χ1) is 10.2. The molecule has 0 spiro atoms. The summed E-state index contributed by atoms with van der Waals surface area (Å²) < 4.78 is 5.38. The van der Waals surface area contributed by atoms with Crippen molar-refractivity contribution < 1.29 is 14.3 Å². The van der Waals surface area contributed by atoms with Gasteiger partial charge in [-0.05, 0) is 37.7 Å². The third-order valence-corrected chi connectivity index (χ3v) is 5.99. The lowest BCUT2D eigenvalue weighted by Crippen LogP contribution is -2.31.